The lowest BCUT2D eigenvalue weighted by Crippen LogP contribution is -2.32. The maximum Gasteiger partial charge on any atom is 0.211 e. The van der Waals surface area contributed by atoms with E-state index in [0.717, 1.165) is 0 Å². The minimum absolute atomic E-state index is 0.0151. The van der Waals surface area contributed by atoms with Crippen molar-refractivity contribution in [1.82, 2.24) is 10.3 Å². The molecule has 1 unspecified atom stereocenters. The van der Waals surface area contributed by atoms with E-state index >= 15 is 0 Å². The van der Waals surface area contributed by atoms with E-state index in [9.17, 15) is 5.26 Å². The summed E-state index contributed by atoms with van der Waals surface area (Å²) in [6.07, 6.45) is 1.81. The zero-order chi connectivity index (χ0) is 21.1. The summed E-state index contributed by atoms with van der Waals surface area (Å²) in [7, 11) is 1.53. The van der Waals surface area contributed by atoms with Gasteiger partial charge in [-0.25, -0.2) is 9.98 Å². The molecule has 1 aromatic heterocycles. The van der Waals surface area contributed by atoms with Crippen molar-refractivity contribution in [3.05, 3.63) is 33.3 Å². The van der Waals surface area contributed by atoms with E-state index in [1.54, 1.807) is 6.07 Å². The van der Waals surface area contributed by atoms with Crippen LogP contribution in [-0.2, 0) is 0 Å². The normalized spacial score (nSPS) is 14.5. The van der Waals surface area contributed by atoms with Gasteiger partial charge in [0, 0.05) is 5.56 Å². The summed E-state index contributed by atoms with van der Waals surface area (Å²) in [5.74, 6) is 1.50. The minimum Gasteiger partial charge on any atom is -0.493 e. The van der Waals surface area contributed by atoms with Crippen LogP contribution in [0.4, 0.5) is 17.3 Å². The molecule has 0 fully saturated rings. The summed E-state index contributed by atoms with van der Waals surface area (Å²) in [4.78, 5) is 8.76. The molecule has 2 aromatic rings. The Bertz CT molecular complexity index is 1090. The number of hydrogen-bond donors (Lipinski definition) is 4. The van der Waals surface area contributed by atoms with E-state index in [2.05, 4.69) is 36.5 Å². The number of nitrogens with zero attached hydrogens (tertiary/aromatic N) is 4. The lowest BCUT2D eigenvalue weighted by molar-refractivity contribution is 0.308. The van der Waals surface area contributed by atoms with Crippen LogP contribution in [-0.4, -0.2) is 24.7 Å². The highest BCUT2D eigenvalue weighted by molar-refractivity contribution is 9.10. The number of pyridine rings is 1. The average molecular weight is 457 g/mol. The molecule has 0 amide bonds. The lowest BCUT2D eigenvalue weighted by atomic mass is 9.95. The largest absolute Gasteiger partial charge is 0.493 e. The van der Waals surface area contributed by atoms with E-state index < -0.39 is 6.04 Å². The van der Waals surface area contributed by atoms with Gasteiger partial charge in [0.1, 0.15) is 29.3 Å². The van der Waals surface area contributed by atoms with Gasteiger partial charge in [0.25, 0.3) is 0 Å². The highest BCUT2D eigenvalue weighted by Gasteiger charge is 2.30. The second-order valence-electron chi connectivity index (χ2n) is 5.87. The van der Waals surface area contributed by atoms with Gasteiger partial charge in [-0.05, 0) is 40.5 Å². The predicted molar refractivity (Wildman–Crippen MR) is 111 cm³/mol. The number of anilines is 3. The van der Waals surface area contributed by atoms with Crippen molar-refractivity contribution >= 4 is 39.2 Å². The van der Waals surface area contributed by atoms with Gasteiger partial charge in [0.05, 0.1) is 23.9 Å². The second kappa shape index (κ2) is 8.12. The minimum atomic E-state index is -0.678. The summed E-state index contributed by atoms with van der Waals surface area (Å²) in [6, 6.07) is 4.86. The number of rotatable bonds is 4. The van der Waals surface area contributed by atoms with E-state index in [1.165, 1.54) is 7.11 Å². The van der Waals surface area contributed by atoms with Crippen molar-refractivity contribution < 1.29 is 9.47 Å². The van der Waals surface area contributed by atoms with Gasteiger partial charge in [-0.2, -0.15) is 10.5 Å². The standard InChI is InChI=1S/C18H17BrN8O2/c1-3-29-15-10(19)4-8(5-11(15)28-2)14-12-13(22)9(6-20)16(23)26-17(12)27-18(25-14)24-7-21/h4-5,14H,3H2,1-2H3,(H6,22,23,24,25,26,27). The number of fused-ring (bicyclic) bond motifs is 1. The van der Waals surface area contributed by atoms with Crippen LogP contribution in [0, 0.1) is 22.8 Å². The molecule has 1 aliphatic heterocycles. The van der Waals surface area contributed by atoms with Gasteiger partial charge in [0.15, 0.2) is 17.7 Å². The molecule has 29 heavy (non-hydrogen) atoms. The summed E-state index contributed by atoms with van der Waals surface area (Å²) >= 11 is 3.49. The molecule has 11 heteroatoms. The molecule has 0 radical (unpaired) electrons. The Kier molecular flexibility index (Phi) is 5.61. The van der Waals surface area contributed by atoms with E-state index in [4.69, 9.17) is 26.2 Å². The Balaban J connectivity index is 2.25. The molecule has 1 aromatic carbocycles. The van der Waals surface area contributed by atoms with Gasteiger partial charge in [-0.1, -0.05) is 0 Å². The first-order valence-corrected chi connectivity index (χ1v) is 9.23. The number of benzene rings is 1. The Hall–Kier alpha value is -3.70. The maximum absolute atomic E-state index is 9.41. The van der Waals surface area contributed by atoms with E-state index in [1.807, 2.05) is 25.3 Å². The van der Waals surface area contributed by atoms with Crippen LogP contribution >= 0.6 is 15.9 Å². The average Bonchev–Trinajstić information content (AvgIpc) is 2.69. The molecular formula is C18H17BrN8O2. The van der Waals surface area contributed by atoms with Crippen LogP contribution in [0.25, 0.3) is 0 Å². The second-order valence-corrected chi connectivity index (χ2v) is 6.72. The lowest BCUT2D eigenvalue weighted by Gasteiger charge is -2.27. The van der Waals surface area contributed by atoms with Gasteiger partial charge >= 0.3 is 0 Å². The molecule has 1 atom stereocenters. The number of halogens is 1. The zero-order valence-corrected chi connectivity index (χ0v) is 17.2. The van der Waals surface area contributed by atoms with Crippen LogP contribution in [0.5, 0.6) is 11.5 Å². The maximum atomic E-state index is 9.41. The number of guanidine groups is 1. The number of hydrogen-bond acceptors (Lipinski definition) is 10. The highest BCUT2D eigenvalue weighted by Crippen LogP contribution is 2.44. The smallest absolute Gasteiger partial charge is 0.211 e. The van der Waals surface area contributed by atoms with Crippen molar-refractivity contribution in [1.29, 1.82) is 10.5 Å². The van der Waals surface area contributed by atoms with E-state index in [-0.39, 0.29) is 23.0 Å². The monoisotopic (exact) mass is 456 g/mol. The topological polar surface area (TPSA) is 167 Å². The molecule has 2 heterocycles. The molecule has 148 valence electrons. The quantitative estimate of drug-likeness (QED) is 0.397. The first-order valence-electron chi connectivity index (χ1n) is 8.44. The number of aliphatic imine (C=N–C) groups is 1. The molecule has 1 aliphatic rings. The van der Waals surface area contributed by atoms with Gasteiger partial charge < -0.3 is 26.3 Å². The zero-order valence-electron chi connectivity index (χ0n) is 15.6. The molecule has 6 N–H and O–H groups in total. The summed E-state index contributed by atoms with van der Waals surface area (Å²) in [5.41, 5.74) is 13.5. The first-order chi connectivity index (χ1) is 13.9. The van der Waals surface area contributed by atoms with E-state index in [0.29, 0.717) is 39.5 Å². The Morgan fingerprint density at radius 3 is 2.72 bits per heavy atom. The number of nitrogen functional groups attached to an aromatic ring is 2. The van der Waals surface area contributed by atoms with Gasteiger partial charge in [0.2, 0.25) is 5.96 Å². The fraction of sp³-hybridized carbons (Fsp3) is 0.222. The van der Waals surface area contributed by atoms with Crippen molar-refractivity contribution in [3.63, 3.8) is 0 Å². The third kappa shape index (κ3) is 3.56. The van der Waals surface area contributed by atoms with Crippen molar-refractivity contribution in [3.8, 4) is 23.8 Å². The number of methoxy groups -OCH3 is 1. The molecule has 0 bridgehead atoms. The summed E-state index contributed by atoms with van der Waals surface area (Å²) < 4.78 is 11.7. The van der Waals surface area contributed by atoms with Gasteiger partial charge in [-0.15, -0.1) is 0 Å². The SMILES string of the molecule is CCOc1c(Br)cc(C2N=C(NC#N)Nc3nc(N)c(C#N)c(N)c32)cc1OC. The van der Waals surface area contributed by atoms with Crippen LogP contribution < -0.4 is 31.6 Å². The Labute approximate surface area is 175 Å². The van der Waals surface area contributed by atoms with Gasteiger partial charge in [-0.3, -0.25) is 5.32 Å². The van der Waals surface area contributed by atoms with Crippen molar-refractivity contribution in [2.75, 3.05) is 30.5 Å². The molecule has 10 nitrogen and oxygen atoms in total. The third-order valence-corrected chi connectivity index (χ3v) is 4.80. The fourth-order valence-electron chi connectivity index (χ4n) is 3.00. The van der Waals surface area contributed by atoms with Crippen molar-refractivity contribution in [2.45, 2.75) is 13.0 Å². The van der Waals surface area contributed by atoms with Crippen LogP contribution in [0.1, 0.15) is 29.7 Å². The molecule has 0 saturated heterocycles. The van der Waals surface area contributed by atoms with Crippen LogP contribution in [0.3, 0.4) is 0 Å². The van der Waals surface area contributed by atoms with Crippen LogP contribution in [0.15, 0.2) is 21.6 Å². The third-order valence-electron chi connectivity index (χ3n) is 4.21. The number of nitrogens with two attached hydrogens (primary N) is 2. The Morgan fingerprint density at radius 2 is 2.10 bits per heavy atom. The highest BCUT2D eigenvalue weighted by atomic mass is 79.9. The van der Waals surface area contributed by atoms with Crippen LogP contribution in [0.2, 0.25) is 0 Å². The molecule has 0 saturated carbocycles. The predicted octanol–water partition coefficient (Wildman–Crippen LogP) is 2.23. The number of aromatic nitrogens is 1. The number of nitriles is 2. The molecule has 0 spiro atoms. The fourth-order valence-corrected chi connectivity index (χ4v) is 3.58. The number of ether oxygens (including phenoxy) is 2. The molecule has 0 aliphatic carbocycles. The molecule has 3 rings (SSSR count). The van der Waals surface area contributed by atoms with Crippen molar-refractivity contribution in [2.24, 2.45) is 4.99 Å². The first kappa shape index (κ1) is 20.0. The summed E-state index contributed by atoms with van der Waals surface area (Å²) in [6.45, 7) is 2.33. The summed E-state index contributed by atoms with van der Waals surface area (Å²) in [5, 5.41) is 23.7. The Morgan fingerprint density at radius 1 is 1.34 bits per heavy atom. The molecular weight excluding hydrogens is 440 g/mol. The number of nitrogens with one attached hydrogen (secondary N) is 2.